The Hall–Kier alpha value is -2.88. The highest BCUT2D eigenvalue weighted by Crippen LogP contribution is 2.25. The van der Waals surface area contributed by atoms with Crippen LogP contribution in [-0.2, 0) is 4.79 Å². The van der Waals surface area contributed by atoms with E-state index >= 15 is 0 Å². The maximum Gasteiger partial charge on any atom is 0.232 e. The minimum atomic E-state index is -0.265. The number of pyridine rings is 1. The van der Waals surface area contributed by atoms with Crippen LogP contribution < -0.4 is 10.1 Å². The van der Waals surface area contributed by atoms with E-state index in [9.17, 15) is 4.79 Å². The van der Waals surface area contributed by atoms with Crippen LogP contribution in [-0.4, -0.2) is 18.0 Å². The van der Waals surface area contributed by atoms with Crippen LogP contribution in [0.4, 0.5) is 5.82 Å². The molecule has 0 saturated heterocycles. The van der Waals surface area contributed by atoms with E-state index in [1.165, 1.54) is 0 Å². The molecular weight excluding hydrogens is 300 g/mol. The summed E-state index contributed by atoms with van der Waals surface area (Å²) in [5, 5.41) is 5.05. The second-order valence-electron chi connectivity index (χ2n) is 5.85. The van der Waals surface area contributed by atoms with E-state index < -0.39 is 0 Å². The molecule has 0 bridgehead atoms. The Morgan fingerprint density at radius 3 is 2.58 bits per heavy atom. The van der Waals surface area contributed by atoms with Gasteiger partial charge in [0.2, 0.25) is 5.91 Å². The molecule has 0 fully saturated rings. The number of benzene rings is 2. The maximum absolute atomic E-state index is 12.5. The number of nitrogens with one attached hydrogen (secondary N) is 1. The van der Waals surface area contributed by atoms with Gasteiger partial charge in [-0.25, -0.2) is 4.98 Å². The van der Waals surface area contributed by atoms with Crippen molar-refractivity contribution in [3.05, 3.63) is 65.9 Å². The van der Waals surface area contributed by atoms with Crippen LogP contribution in [0.5, 0.6) is 5.75 Å². The molecule has 1 atom stereocenters. The molecule has 24 heavy (non-hydrogen) atoms. The van der Waals surface area contributed by atoms with Crippen molar-refractivity contribution in [3.63, 3.8) is 0 Å². The number of hydrogen-bond donors (Lipinski definition) is 1. The number of hydrogen-bond acceptors (Lipinski definition) is 3. The highest BCUT2D eigenvalue weighted by Gasteiger charge is 2.16. The highest BCUT2D eigenvalue weighted by atomic mass is 16.5. The third kappa shape index (κ3) is 3.38. The zero-order valence-corrected chi connectivity index (χ0v) is 14.0. The number of aromatic nitrogens is 1. The Kier molecular flexibility index (Phi) is 4.47. The fourth-order valence-corrected chi connectivity index (χ4v) is 2.64. The number of carbonyl (C=O) groups excluding carboxylic acids is 1. The summed E-state index contributed by atoms with van der Waals surface area (Å²) in [6.07, 6.45) is 0. The molecule has 0 radical (unpaired) electrons. The molecule has 122 valence electrons. The number of rotatable bonds is 4. The SMILES string of the molecule is COc1ccc2cc(C(C)C(=O)Nc3cccc(C)n3)ccc2c1. The summed E-state index contributed by atoms with van der Waals surface area (Å²) in [4.78, 5) is 16.8. The van der Waals surface area contributed by atoms with E-state index in [4.69, 9.17) is 4.74 Å². The van der Waals surface area contributed by atoms with Crippen molar-refractivity contribution in [2.24, 2.45) is 0 Å². The summed E-state index contributed by atoms with van der Waals surface area (Å²) in [7, 11) is 1.65. The molecule has 1 amide bonds. The number of aryl methyl sites for hydroxylation is 1. The number of ether oxygens (including phenoxy) is 1. The summed E-state index contributed by atoms with van der Waals surface area (Å²) >= 11 is 0. The number of amides is 1. The standard InChI is InChI=1S/C20H20N2O2/c1-13-5-4-6-19(21-13)22-20(23)14(2)15-7-8-17-12-18(24-3)10-9-16(17)11-15/h4-12,14H,1-3H3,(H,21,22,23). The van der Waals surface area contributed by atoms with Crippen molar-refractivity contribution in [2.75, 3.05) is 12.4 Å². The molecule has 1 aromatic heterocycles. The van der Waals surface area contributed by atoms with Gasteiger partial charge in [-0.2, -0.15) is 0 Å². The minimum absolute atomic E-state index is 0.0686. The van der Waals surface area contributed by atoms with Crippen molar-refractivity contribution in [1.29, 1.82) is 0 Å². The van der Waals surface area contributed by atoms with Gasteiger partial charge in [-0.15, -0.1) is 0 Å². The van der Waals surface area contributed by atoms with Gasteiger partial charge in [-0.3, -0.25) is 4.79 Å². The molecule has 0 aliphatic heterocycles. The Balaban J connectivity index is 1.82. The Labute approximate surface area is 141 Å². The number of fused-ring (bicyclic) bond motifs is 1. The van der Waals surface area contributed by atoms with Crippen LogP contribution in [0, 0.1) is 6.92 Å². The Bertz CT molecular complexity index is 890. The van der Waals surface area contributed by atoms with Gasteiger partial charge in [0.25, 0.3) is 0 Å². The molecule has 0 spiro atoms. The lowest BCUT2D eigenvalue weighted by atomic mass is 9.97. The molecule has 4 nitrogen and oxygen atoms in total. The van der Waals surface area contributed by atoms with Gasteiger partial charge in [0.15, 0.2) is 0 Å². The number of methoxy groups -OCH3 is 1. The van der Waals surface area contributed by atoms with Gasteiger partial charge in [-0.05, 0) is 54.4 Å². The van der Waals surface area contributed by atoms with Crippen LogP contribution >= 0.6 is 0 Å². The smallest absolute Gasteiger partial charge is 0.232 e. The predicted octanol–water partition coefficient (Wildman–Crippen LogP) is 4.29. The van der Waals surface area contributed by atoms with Gasteiger partial charge in [0, 0.05) is 5.69 Å². The first-order valence-corrected chi connectivity index (χ1v) is 7.89. The number of nitrogens with zero attached hydrogens (tertiary/aromatic N) is 1. The van der Waals surface area contributed by atoms with E-state index in [2.05, 4.69) is 10.3 Å². The van der Waals surface area contributed by atoms with Crippen molar-refractivity contribution >= 4 is 22.5 Å². The largest absolute Gasteiger partial charge is 0.497 e. The van der Waals surface area contributed by atoms with Crippen molar-refractivity contribution in [1.82, 2.24) is 4.98 Å². The van der Waals surface area contributed by atoms with E-state index in [0.29, 0.717) is 5.82 Å². The van der Waals surface area contributed by atoms with Gasteiger partial charge in [0.1, 0.15) is 11.6 Å². The lowest BCUT2D eigenvalue weighted by molar-refractivity contribution is -0.117. The molecule has 4 heteroatoms. The maximum atomic E-state index is 12.5. The molecule has 3 aromatic rings. The second kappa shape index (κ2) is 6.71. The quantitative estimate of drug-likeness (QED) is 0.780. The van der Waals surface area contributed by atoms with Crippen LogP contribution in [0.2, 0.25) is 0 Å². The van der Waals surface area contributed by atoms with Gasteiger partial charge in [-0.1, -0.05) is 30.3 Å². The normalized spacial score (nSPS) is 12.0. The zero-order chi connectivity index (χ0) is 17.1. The van der Waals surface area contributed by atoms with Crippen LogP contribution in [0.3, 0.4) is 0 Å². The summed E-state index contributed by atoms with van der Waals surface area (Å²) in [5.74, 6) is 1.07. The highest BCUT2D eigenvalue weighted by molar-refractivity contribution is 5.96. The number of carbonyl (C=O) groups is 1. The lowest BCUT2D eigenvalue weighted by Gasteiger charge is -2.13. The average molecular weight is 320 g/mol. The molecule has 1 heterocycles. The molecule has 0 aliphatic carbocycles. The number of anilines is 1. The van der Waals surface area contributed by atoms with Crippen molar-refractivity contribution < 1.29 is 9.53 Å². The Morgan fingerprint density at radius 2 is 1.83 bits per heavy atom. The van der Waals surface area contributed by atoms with Crippen molar-refractivity contribution in [2.45, 2.75) is 19.8 Å². The summed E-state index contributed by atoms with van der Waals surface area (Å²) in [5.41, 5.74) is 1.85. The average Bonchev–Trinajstić information content (AvgIpc) is 2.60. The third-order valence-corrected chi connectivity index (χ3v) is 4.10. The lowest BCUT2D eigenvalue weighted by Crippen LogP contribution is -2.19. The summed E-state index contributed by atoms with van der Waals surface area (Å²) < 4.78 is 5.24. The summed E-state index contributed by atoms with van der Waals surface area (Å²) in [6, 6.07) is 17.5. The molecule has 1 N–H and O–H groups in total. The minimum Gasteiger partial charge on any atom is -0.497 e. The topological polar surface area (TPSA) is 51.2 Å². The summed E-state index contributed by atoms with van der Waals surface area (Å²) in [6.45, 7) is 3.80. The molecule has 0 aliphatic rings. The third-order valence-electron chi connectivity index (χ3n) is 4.10. The molecule has 3 rings (SSSR count). The second-order valence-corrected chi connectivity index (χ2v) is 5.85. The van der Waals surface area contributed by atoms with E-state index in [1.54, 1.807) is 13.2 Å². The fourth-order valence-electron chi connectivity index (χ4n) is 2.64. The molecule has 2 aromatic carbocycles. The van der Waals surface area contributed by atoms with Crippen LogP contribution in [0.25, 0.3) is 10.8 Å². The van der Waals surface area contributed by atoms with Gasteiger partial charge >= 0.3 is 0 Å². The first-order valence-electron chi connectivity index (χ1n) is 7.89. The molecule has 1 unspecified atom stereocenters. The first kappa shape index (κ1) is 16.0. The van der Waals surface area contributed by atoms with Crippen LogP contribution in [0.15, 0.2) is 54.6 Å². The van der Waals surface area contributed by atoms with Gasteiger partial charge in [0.05, 0.1) is 13.0 Å². The van der Waals surface area contributed by atoms with Gasteiger partial charge < -0.3 is 10.1 Å². The molecule has 0 saturated carbocycles. The Morgan fingerprint density at radius 1 is 1.08 bits per heavy atom. The monoisotopic (exact) mass is 320 g/mol. The molecular formula is C20H20N2O2. The van der Waals surface area contributed by atoms with Crippen LogP contribution in [0.1, 0.15) is 24.1 Å². The van der Waals surface area contributed by atoms with Crippen molar-refractivity contribution in [3.8, 4) is 5.75 Å². The predicted molar refractivity (Wildman–Crippen MR) is 96.5 cm³/mol. The zero-order valence-electron chi connectivity index (χ0n) is 14.0. The fraction of sp³-hybridized carbons (Fsp3) is 0.200. The first-order chi connectivity index (χ1) is 11.6. The van der Waals surface area contributed by atoms with E-state index in [-0.39, 0.29) is 11.8 Å². The van der Waals surface area contributed by atoms with E-state index in [0.717, 1.165) is 27.8 Å². The van der Waals surface area contributed by atoms with E-state index in [1.807, 2.05) is 62.4 Å².